The van der Waals surface area contributed by atoms with Gasteiger partial charge in [0.05, 0.1) is 11.4 Å². The van der Waals surface area contributed by atoms with Crippen LogP contribution in [0.15, 0.2) is 200 Å². The molecule has 2 heteroatoms. The topological polar surface area (TPSA) is 12.9 Å². The van der Waals surface area contributed by atoms with E-state index in [0.29, 0.717) is 0 Å². The van der Waals surface area contributed by atoms with E-state index in [2.05, 4.69) is 200 Å². The van der Waals surface area contributed by atoms with Gasteiger partial charge in [-0.3, -0.25) is 0 Å². The highest BCUT2D eigenvalue weighted by Gasteiger charge is 2.20. The number of rotatable bonds is 4. The molecule has 0 amide bonds. The van der Waals surface area contributed by atoms with Crippen LogP contribution in [-0.4, -0.2) is 4.98 Å². The van der Waals surface area contributed by atoms with Crippen molar-refractivity contribution in [3.05, 3.63) is 200 Å². The summed E-state index contributed by atoms with van der Waals surface area (Å²) in [6.45, 7) is 0. The first kappa shape index (κ1) is 32.1. The van der Waals surface area contributed by atoms with E-state index in [0.717, 1.165) is 28.1 Å². The second-order valence-electron chi connectivity index (χ2n) is 15.0. The van der Waals surface area contributed by atoms with Crippen molar-refractivity contribution in [3.8, 4) is 44.8 Å². The van der Waals surface area contributed by atoms with E-state index >= 15 is 0 Å². The van der Waals surface area contributed by atoms with Crippen molar-refractivity contribution >= 4 is 85.4 Å². The van der Waals surface area contributed by atoms with Crippen molar-refractivity contribution in [1.82, 2.24) is 4.98 Å². The first-order valence-electron chi connectivity index (χ1n) is 19.5. The molecule has 0 aliphatic rings. The minimum Gasteiger partial charge on any atom is -0.248 e. The van der Waals surface area contributed by atoms with E-state index in [1.807, 2.05) is 11.3 Å². The maximum Gasteiger partial charge on any atom is 0.0715 e. The van der Waals surface area contributed by atoms with Crippen molar-refractivity contribution < 1.29 is 0 Å². The lowest BCUT2D eigenvalue weighted by molar-refractivity contribution is 1.32. The van der Waals surface area contributed by atoms with Crippen LogP contribution in [0.5, 0.6) is 0 Å². The quantitative estimate of drug-likeness (QED) is 0.129. The number of fused-ring (bicyclic) bond motifs is 12. The second-order valence-corrected chi connectivity index (χ2v) is 16.0. The Labute approximate surface area is 333 Å². The van der Waals surface area contributed by atoms with E-state index < -0.39 is 0 Å². The van der Waals surface area contributed by atoms with E-state index in [1.165, 1.54) is 90.7 Å². The Morgan fingerprint density at radius 3 is 1.33 bits per heavy atom. The fourth-order valence-corrected chi connectivity index (χ4v) is 10.6. The fourth-order valence-electron chi connectivity index (χ4n) is 9.31. The lowest BCUT2D eigenvalue weighted by Gasteiger charge is -2.19. The molecule has 0 N–H and O–H groups in total. The third kappa shape index (κ3) is 4.98. The van der Waals surface area contributed by atoms with Gasteiger partial charge in [-0.2, -0.15) is 0 Å². The first-order valence-corrected chi connectivity index (χ1v) is 20.4. The van der Waals surface area contributed by atoms with Crippen molar-refractivity contribution in [3.63, 3.8) is 0 Å². The maximum absolute atomic E-state index is 5.23. The summed E-state index contributed by atoms with van der Waals surface area (Å²) in [7, 11) is 0. The zero-order valence-corrected chi connectivity index (χ0v) is 31.7. The summed E-state index contributed by atoms with van der Waals surface area (Å²) in [6.07, 6.45) is 0. The molecule has 1 nitrogen and oxygen atoms in total. The maximum atomic E-state index is 5.23. The van der Waals surface area contributed by atoms with Gasteiger partial charge in [0, 0.05) is 36.7 Å². The molecule has 264 valence electrons. The third-order valence-corrected chi connectivity index (χ3v) is 13.0. The predicted molar refractivity (Wildman–Crippen MR) is 246 cm³/mol. The molecule has 0 saturated heterocycles. The number of thiophene rings is 1. The Kier molecular flexibility index (Phi) is 7.17. The average molecular weight is 740 g/mol. The lowest BCUT2D eigenvalue weighted by atomic mass is 9.84. The predicted octanol–water partition coefficient (Wildman–Crippen LogP) is 15.9. The molecule has 0 unspecified atom stereocenters. The van der Waals surface area contributed by atoms with Gasteiger partial charge in [0.25, 0.3) is 0 Å². The number of benzene rings is 10. The van der Waals surface area contributed by atoms with Crippen molar-refractivity contribution in [2.24, 2.45) is 0 Å². The zero-order valence-electron chi connectivity index (χ0n) is 30.9. The molecule has 2 heterocycles. The van der Waals surface area contributed by atoms with Crippen LogP contribution in [-0.2, 0) is 0 Å². The number of pyridine rings is 1. The van der Waals surface area contributed by atoms with Gasteiger partial charge in [-0.1, -0.05) is 176 Å². The van der Waals surface area contributed by atoms with Crippen LogP contribution in [0.4, 0.5) is 0 Å². The molecule has 57 heavy (non-hydrogen) atoms. The van der Waals surface area contributed by atoms with Crippen LogP contribution < -0.4 is 0 Å². The molecule has 10 aromatic carbocycles. The molecule has 12 aromatic rings. The van der Waals surface area contributed by atoms with Crippen LogP contribution >= 0.6 is 11.3 Å². The molecular weight excluding hydrogens is 707 g/mol. The summed E-state index contributed by atoms with van der Waals surface area (Å²) in [5.74, 6) is 0. The number of hydrogen-bond donors (Lipinski definition) is 0. The van der Waals surface area contributed by atoms with Crippen LogP contribution in [0.2, 0.25) is 0 Å². The standard InChI is InChI=1S/C55H33NS/c1-3-15-34(16-4-1)49-32-37(33-50(56-49)35-17-5-2-6-18-35)53-44-24-11-9-22-42(44)52(43-23-10-12-25-45(43)53)36-27-28-39-46-29-30-47-40-20-13-14-26-51(40)57-55(47)54(46)41-21-8-7-19-38(41)48(39)31-36/h1-33H. The molecule has 0 bridgehead atoms. The summed E-state index contributed by atoms with van der Waals surface area (Å²) in [6, 6.07) is 73.2. The Bertz CT molecular complexity index is 3430. The summed E-state index contributed by atoms with van der Waals surface area (Å²) in [5.41, 5.74) is 9.00. The van der Waals surface area contributed by atoms with E-state index in [1.54, 1.807) is 0 Å². The Hall–Kier alpha value is -7.13. The van der Waals surface area contributed by atoms with Crippen LogP contribution in [0.3, 0.4) is 0 Å². The summed E-state index contributed by atoms with van der Waals surface area (Å²) < 4.78 is 2.70. The minimum atomic E-state index is 0.964. The van der Waals surface area contributed by atoms with E-state index in [-0.39, 0.29) is 0 Å². The Balaban J connectivity index is 1.14. The van der Waals surface area contributed by atoms with Crippen LogP contribution in [0.1, 0.15) is 0 Å². The van der Waals surface area contributed by atoms with Gasteiger partial charge in [0.1, 0.15) is 0 Å². The molecule has 0 spiro atoms. The highest BCUT2D eigenvalue weighted by atomic mass is 32.1. The van der Waals surface area contributed by atoms with Crippen LogP contribution in [0.25, 0.3) is 119 Å². The number of hydrogen-bond acceptors (Lipinski definition) is 2. The van der Waals surface area contributed by atoms with Gasteiger partial charge >= 0.3 is 0 Å². The molecule has 0 aliphatic heterocycles. The highest BCUT2D eigenvalue weighted by Crippen LogP contribution is 2.48. The fraction of sp³-hybridized carbons (Fsp3) is 0. The summed E-state index contributed by atoms with van der Waals surface area (Å²) in [5, 5.41) is 15.4. The average Bonchev–Trinajstić information content (AvgIpc) is 3.67. The summed E-state index contributed by atoms with van der Waals surface area (Å²) in [4.78, 5) is 5.23. The molecule has 0 radical (unpaired) electrons. The van der Waals surface area contributed by atoms with Gasteiger partial charge in [-0.15, -0.1) is 11.3 Å². The lowest BCUT2D eigenvalue weighted by Crippen LogP contribution is -1.94. The molecule has 0 fully saturated rings. The first-order chi connectivity index (χ1) is 28.3. The zero-order chi connectivity index (χ0) is 37.5. The molecule has 0 aliphatic carbocycles. The van der Waals surface area contributed by atoms with Gasteiger partial charge in [-0.05, 0) is 95.0 Å². The molecule has 2 aromatic heterocycles. The van der Waals surface area contributed by atoms with Gasteiger partial charge in [-0.25, -0.2) is 4.98 Å². The monoisotopic (exact) mass is 739 g/mol. The molecular formula is C55H33NS. The number of nitrogens with zero attached hydrogens (tertiary/aromatic N) is 1. The minimum absolute atomic E-state index is 0.964. The third-order valence-electron chi connectivity index (χ3n) is 11.8. The van der Waals surface area contributed by atoms with E-state index in [9.17, 15) is 0 Å². The van der Waals surface area contributed by atoms with Gasteiger partial charge in [0.2, 0.25) is 0 Å². The second kappa shape index (κ2) is 12.7. The molecule has 12 rings (SSSR count). The van der Waals surface area contributed by atoms with Gasteiger partial charge in [0.15, 0.2) is 0 Å². The normalized spacial score (nSPS) is 11.9. The van der Waals surface area contributed by atoms with Crippen molar-refractivity contribution in [2.75, 3.05) is 0 Å². The van der Waals surface area contributed by atoms with Crippen molar-refractivity contribution in [2.45, 2.75) is 0 Å². The SMILES string of the molecule is c1ccc(-c2cc(-c3c4ccccc4c(-c4ccc5c(c4)c4ccccc4c4c5ccc5c6ccccc6sc54)c4ccccc34)cc(-c3ccccc3)n2)cc1. The highest BCUT2D eigenvalue weighted by molar-refractivity contribution is 7.26. The largest absolute Gasteiger partial charge is 0.248 e. The molecule has 0 saturated carbocycles. The van der Waals surface area contributed by atoms with Crippen molar-refractivity contribution in [1.29, 1.82) is 0 Å². The van der Waals surface area contributed by atoms with E-state index in [4.69, 9.17) is 4.98 Å². The smallest absolute Gasteiger partial charge is 0.0715 e. The Morgan fingerprint density at radius 1 is 0.281 bits per heavy atom. The molecule has 0 atom stereocenters. The van der Waals surface area contributed by atoms with Gasteiger partial charge < -0.3 is 0 Å². The Morgan fingerprint density at radius 2 is 0.719 bits per heavy atom. The summed E-state index contributed by atoms with van der Waals surface area (Å²) >= 11 is 1.91. The number of aromatic nitrogens is 1. The van der Waals surface area contributed by atoms with Crippen LogP contribution in [0, 0.1) is 0 Å².